The Hall–Kier alpha value is -7.28. The van der Waals surface area contributed by atoms with Crippen LogP contribution in [-0.4, -0.2) is 69.5 Å². The molecule has 5 aromatic rings. The van der Waals surface area contributed by atoms with Gasteiger partial charge in [-0.25, -0.2) is 29.9 Å². The average molecular weight is 1590 g/mol. The lowest BCUT2D eigenvalue weighted by molar-refractivity contribution is 0.234. The van der Waals surface area contributed by atoms with E-state index in [0.717, 1.165) is 88.2 Å². The van der Waals surface area contributed by atoms with Crippen LogP contribution in [0.2, 0.25) is 0 Å². The molecule has 0 saturated carbocycles. The zero-order chi connectivity index (χ0) is 82.0. The van der Waals surface area contributed by atoms with Crippen molar-refractivity contribution in [2.75, 3.05) is 39.6 Å². The van der Waals surface area contributed by atoms with E-state index >= 15 is 0 Å². The number of aromatic nitrogens is 6. The van der Waals surface area contributed by atoms with Crippen molar-refractivity contribution >= 4 is 0 Å². The Balaban J connectivity index is 1.26. The van der Waals surface area contributed by atoms with Crippen LogP contribution in [0.15, 0.2) is 61.4 Å². The fourth-order valence-corrected chi connectivity index (χ4v) is 14.5. The van der Waals surface area contributed by atoms with Crippen molar-refractivity contribution in [2.45, 2.75) is 427 Å². The van der Waals surface area contributed by atoms with E-state index in [-0.39, 0.29) is 0 Å². The third-order valence-electron chi connectivity index (χ3n) is 21.8. The fraction of sp³-hybridized carbons (Fsp3) is 0.692. The minimum absolute atomic E-state index is 0.476. The van der Waals surface area contributed by atoms with Crippen LogP contribution < -0.4 is 28.4 Å². The Morgan fingerprint density at radius 2 is 0.310 bits per heavy atom. The van der Waals surface area contributed by atoms with Crippen LogP contribution in [0, 0.1) is 47.4 Å². The van der Waals surface area contributed by atoms with Crippen molar-refractivity contribution < 1.29 is 28.4 Å². The molecular weight excluding hydrogens is 1430 g/mol. The van der Waals surface area contributed by atoms with Gasteiger partial charge in [0.15, 0.2) is 23.0 Å². The molecular formula is C104H160N6O6. The topological polar surface area (TPSA) is 133 Å². The molecule has 0 spiro atoms. The molecule has 0 unspecified atom stereocenters. The van der Waals surface area contributed by atoms with Crippen LogP contribution in [0.4, 0.5) is 0 Å². The number of hydrogen-bond donors (Lipinski definition) is 0. The summed E-state index contributed by atoms with van der Waals surface area (Å²) in [5.41, 5.74) is 4.53. The van der Waals surface area contributed by atoms with Gasteiger partial charge < -0.3 is 28.4 Å². The summed E-state index contributed by atoms with van der Waals surface area (Å²) in [5.74, 6) is 29.8. The molecule has 0 radical (unpaired) electrons. The highest BCUT2D eigenvalue weighted by Crippen LogP contribution is 2.41. The molecule has 0 aliphatic rings. The first-order chi connectivity index (χ1) is 57.5. The molecule has 642 valence electrons. The lowest BCUT2D eigenvalue weighted by Gasteiger charge is -2.18. The number of nitrogens with zero attached hydrogens (tertiary/aromatic N) is 6. The van der Waals surface area contributed by atoms with Crippen molar-refractivity contribution in [1.29, 1.82) is 0 Å². The summed E-state index contributed by atoms with van der Waals surface area (Å²) in [4.78, 5) is 27.6. The molecule has 0 bridgehead atoms. The molecule has 0 N–H and O–H groups in total. The standard InChI is InChI=1S/C104H160N6O6/c1-7-13-19-25-31-37-43-49-55-61-75-111-99-81-91(82-100(112-76-62-56-50-44-38-32-26-20-14-8-2)103(99)115-79-65-59-53-47-41-35-29-23-17-11-5)67-69-93-85-107-95(87-105-93)71-73-97-89-110-98(90-109-97)74-72-96-88-106-94(86-108-96)70-68-92-83-101(113-77-63-57-51-45-39-33-27-21-15-9-3)104(116-80-66-60-54-48-42-36-30-24-18-12-6)102(84-92)114-78-64-58-52-46-40-34-28-22-16-10-4/h81-90H,7-66,75-80H2,1-6H3. The Bertz CT molecular complexity index is 3130. The molecule has 0 fully saturated rings. The highest BCUT2D eigenvalue weighted by atomic mass is 16.5. The zero-order valence-corrected chi connectivity index (χ0v) is 74.6. The quantitative estimate of drug-likeness (QED) is 0.0271. The molecule has 0 aliphatic carbocycles. The van der Waals surface area contributed by atoms with Crippen molar-refractivity contribution in [2.24, 2.45) is 0 Å². The maximum Gasteiger partial charge on any atom is 0.203 e. The SMILES string of the molecule is CCCCCCCCCCCCOc1cc(C#Cc2cnc(C#Cc3cnc(C#Cc4cnc(C#Cc5cc(OCCCCCCCCCCCC)c(OCCCCCCCCCCCC)c(OCCCCCCCCCCCC)c5)cn4)cn3)cn2)cc(OCCCCCCCCCCCC)c1OCCCCCCCCCCCC. The Morgan fingerprint density at radius 3 is 0.466 bits per heavy atom. The summed E-state index contributed by atoms with van der Waals surface area (Å²) >= 11 is 0. The van der Waals surface area contributed by atoms with Crippen LogP contribution in [0.25, 0.3) is 0 Å². The summed E-state index contributed by atoms with van der Waals surface area (Å²) in [7, 11) is 0. The molecule has 2 aromatic carbocycles. The van der Waals surface area contributed by atoms with Gasteiger partial charge in [-0.2, -0.15) is 0 Å². The highest BCUT2D eigenvalue weighted by Gasteiger charge is 2.19. The van der Waals surface area contributed by atoms with E-state index in [9.17, 15) is 0 Å². The predicted molar refractivity (Wildman–Crippen MR) is 487 cm³/mol. The van der Waals surface area contributed by atoms with E-state index in [1.54, 1.807) is 37.2 Å². The number of ether oxygens (including phenoxy) is 6. The molecule has 12 nitrogen and oxygen atoms in total. The first-order valence-corrected chi connectivity index (χ1v) is 48.1. The molecule has 0 atom stereocenters. The molecule has 3 heterocycles. The normalized spacial score (nSPS) is 10.9. The van der Waals surface area contributed by atoms with E-state index in [4.69, 9.17) is 28.4 Å². The maximum absolute atomic E-state index is 6.68. The molecule has 12 heteroatoms. The zero-order valence-electron chi connectivity index (χ0n) is 74.6. The Morgan fingerprint density at radius 1 is 0.172 bits per heavy atom. The van der Waals surface area contributed by atoms with Crippen molar-refractivity contribution in [3.05, 3.63) is 107 Å². The van der Waals surface area contributed by atoms with Gasteiger partial charge in [-0.15, -0.1) is 0 Å². The Labute approximate surface area is 709 Å². The lowest BCUT2D eigenvalue weighted by atomic mass is 10.1. The average Bonchev–Trinajstić information content (AvgIpc) is 0.827. The molecule has 5 rings (SSSR count). The second-order valence-electron chi connectivity index (χ2n) is 32.6. The number of benzene rings is 2. The first kappa shape index (κ1) is 99.3. The third-order valence-corrected chi connectivity index (χ3v) is 21.8. The van der Waals surface area contributed by atoms with Gasteiger partial charge in [-0.1, -0.05) is 400 Å². The summed E-state index contributed by atoms with van der Waals surface area (Å²) in [6.45, 7) is 17.4. The van der Waals surface area contributed by atoms with Crippen LogP contribution >= 0.6 is 0 Å². The number of hydrogen-bond acceptors (Lipinski definition) is 12. The summed E-state index contributed by atoms with van der Waals surface area (Å²) in [6, 6.07) is 8.06. The van der Waals surface area contributed by atoms with Gasteiger partial charge in [0, 0.05) is 11.1 Å². The van der Waals surface area contributed by atoms with Gasteiger partial charge in [0.1, 0.15) is 34.2 Å². The third kappa shape index (κ3) is 51.1. The van der Waals surface area contributed by atoms with E-state index in [1.165, 1.54) is 308 Å². The van der Waals surface area contributed by atoms with Crippen molar-refractivity contribution in [3.63, 3.8) is 0 Å². The van der Waals surface area contributed by atoms with E-state index in [2.05, 4.69) is 119 Å². The number of rotatable bonds is 72. The molecule has 0 aliphatic heterocycles. The Kier molecular flexibility index (Phi) is 61.5. The molecule has 116 heavy (non-hydrogen) atoms. The van der Waals surface area contributed by atoms with Gasteiger partial charge in [-0.3, -0.25) is 0 Å². The predicted octanol–water partition coefficient (Wildman–Crippen LogP) is 29.5. The van der Waals surface area contributed by atoms with Gasteiger partial charge in [0.25, 0.3) is 0 Å². The molecule has 0 saturated heterocycles. The van der Waals surface area contributed by atoms with Gasteiger partial charge in [0.2, 0.25) is 11.5 Å². The van der Waals surface area contributed by atoms with Gasteiger partial charge in [-0.05, 0) is 98.3 Å². The van der Waals surface area contributed by atoms with E-state index in [0.29, 0.717) is 108 Å². The first-order valence-electron chi connectivity index (χ1n) is 48.1. The van der Waals surface area contributed by atoms with E-state index in [1.807, 2.05) is 24.3 Å². The van der Waals surface area contributed by atoms with Crippen LogP contribution in [0.3, 0.4) is 0 Å². The molecule has 0 amide bonds. The summed E-state index contributed by atoms with van der Waals surface area (Å²) < 4.78 is 40.0. The second kappa shape index (κ2) is 71.8. The van der Waals surface area contributed by atoms with E-state index < -0.39 is 0 Å². The minimum Gasteiger partial charge on any atom is -0.490 e. The largest absolute Gasteiger partial charge is 0.490 e. The smallest absolute Gasteiger partial charge is 0.203 e. The summed E-state index contributed by atoms with van der Waals surface area (Å²) in [5, 5.41) is 0. The van der Waals surface area contributed by atoms with Gasteiger partial charge in [0.05, 0.1) is 76.8 Å². The second-order valence-corrected chi connectivity index (χ2v) is 32.6. The molecule has 3 aromatic heterocycles. The number of unbranched alkanes of at least 4 members (excludes halogenated alkanes) is 54. The fourth-order valence-electron chi connectivity index (χ4n) is 14.5. The van der Waals surface area contributed by atoms with Crippen LogP contribution in [-0.2, 0) is 0 Å². The highest BCUT2D eigenvalue weighted by molar-refractivity contribution is 5.59. The minimum atomic E-state index is 0.476. The van der Waals surface area contributed by atoms with Gasteiger partial charge >= 0.3 is 0 Å². The maximum atomic E-state index is 6.68. The lowest BCUT2D eigenvalue weighted by Crippen LogP contribution is -2.07. The van der Waals surface area contributed by atoms with Crippen LogP contribution in [0.1, 0.15) is 472 Å². The summed E-state index contributed by atoms with van der Waals surface area (Å²) in [6.07, 6.45) is 86.0. The monoisotopic (exact) mass is 1590 g/mol. The van der Waals surface area contributed by atoms with Crippen molar-refractivity contribution in [3.8, 4) is 81.9 Å². The van der Waals surface area contributed by atoms with Crippen LogP contribution in [0.5, 0.6) is 34.5 Å². The van der Waals surface area contributed by atoms with Crippen molar-refractivity contribution in [1.82, 2.24) is 29.9 Å².